The highest BCUT2D eigenvalue weighted by molar-refractivity contribution is 9.10. The first-order valence-electron chi connectivity index (χ1n) is 8.90. The molecular formula is C20H22BrClN2O3. The van der Waals surface area contributed by atoms with E-state index >= 15 is 0 Å². The summed E-state index contributed by atoms with van der Waals surface area (Å²) in [4.78, 5) is 6.92. The van der Waals surface area contributed by atoms with E-state index < -0.39 is 6.10 Å². The van der Waals surface area contributed by atoms with Crippen molar-refractivity contribution in [3.05, 3.63) is 51.1 Å². The van der Waals surface area contributed by atoms with Crippen molar-refractivity contribution in [3.63, 3.8) is 0 Å². The predicted octanol–water partition coefficient (Wildman–Crippen LogP) is 3.93. The van der Waals surface area contributed by atoms with Gasteiger partial charge in [-0.25, -0.2) is 4.98 Å². The largest absolute Gasteiger partial charge is 0.497 e. The van der Waals surface area contributed by atoms with Crippen molar-refractivity contribution in [2.75, 3.05) is 25.7 Å². The number of rotatable bonds is 4. The van der Waals surface area contributed by atoms with E-state index in [1.54, 1.807) is 20.4 Å². The average Bonchev–Trinajstić information content (AvgIpc) is 3.15. The van der Waals surface area contributed by atoms with E-state index in [1.165, 1.54) is 5.56 Å². The van der Waals surface area contributed by atoms with Crippen LogP contribution in [-0.4, -0.2) is 43.1 Å². The van der Waals surface area contributed by atoms with Gasteiger partial charge in [-0.3, -0.25) is 0 Å². The van der Waals surface area contributed by atoms with Crippen LogP contribution in [0, 0.1) is 0 Å². The third-order valence-electron chi connectivity index (χ3n) is 5.73. The summed E-state index contributed by atoms with van der Waals surface area (Å²) >= 11 is 10.2. The van der Waals surface area contributed by atoms with Gasteiger partial charge in [0.25, 0.3) is 0 Å². The molecule has 0 saturated heterocycles. The molecule has 1 N–H and O–H groups in total. The second kappa shape index (κ2) is 7.24. The van der Waals surface area contributed by atoms with Gasteiger partial charge < -0.3 is 19.5 Å². The van der Waals surface area contributed by atoms with Gasteiger partial charge in [-0.15, -0.1) is 0 Å². The number of nitrogens with zero attached hydrogens (tertiary/aromatic N) is 2. The van der Waals surface area contributed by atoms with E-state index in [0.717, 1.165) is 41.1 Å². The van der Waals surface area contributed by atoms with Crippen molar-refractivity contribution in [2.45, 2.75) is 37.0 Å². The van der Waals surface area contributed by atoms with Crippen molar-refractivity contribution in [3.8, 4) is 5.75 Å². The van der Waals surface area contributed by atoms with Crippen LogP contribution in [0.3, 0.4) is 0 Å². The van der Waals surface area contributed by atoms with Crippen LogP contribution in [0.25, 0.3) is 0 Å². The lowest BCUT2D eigenvalue weighted by atomic mass is 9.81. The molecular weight excluding hydrogens is 432 g/mol. The first-order chi connectivity index (χ1) is 13.0. The molecule has 0 unspecified atom stereocenters. The van der Waals surface area contributed by atoms with Crippen LogP contribution < -0.4 is 9.64 Å². The van der Waals surface area contributed by atoms with Gasteiger partial charge in [0.2, 0.25) is 0 Å². The van der Waals surface area contributed by atoms with Gasteiger partial charge in [-0.05, 0) is 46.5 Å². The number of aliphatic hydroxyl groups is 1. The zero-order chi connectivity index (χ0) is 19.2. The summed E-state index contributed by atoms with van der Waals surface area (Å²) in [5, 5.41) is 11.2. The fourth-order valence-corrected chi connectivity index (χ4v) is 5.11. The highest BCUT2D eigenvalue weighted by Gasteiger charge is 2.53. The molecule has 1 aliphatic heterocycles. The third-order valence-corrected chi connectivity index (χ3v) is 6.95. The maximum Gasteiger partial charge on any atom is 0.134 e. The minimum absolute atomic E-state index is 0.186. The monoisotopic (exact) mass is 452 g/mol. The maximum atomic E-state index is 10.5. The summed E-state index contributed by atoms with van der Waals surface area (Å²) in [6, 6.07) is 8.05. The lowest BCUT2D eigenvalue weighted by molar-refractivity contribution is 0.00973. The number of hydrogen-bond donors (Lipinski definition) is 1. The lowest BCUT2D eigenvalue weighted by Crippen LogP contribution is -2.32. The zero-order valence-corrected chi connectivity index (χ0v) is 17.6. The first-order valence-corrected chi connectivity index (χ1v) is 10.1. The molecule has 1 saturated carbocycles. The number of benzene rings is 1. The quantitative estimate of drug-likeness (QED) is 0.760. The van der Waals surface area contributed by atoms with Gasteiger partial charge in [0.1, 0.15) is 11.6 Å². The molecule has 2 heterocycles. The number of pyridine rings is 1. The van der Waals surface area contributed by atoms with Crippen LogP contribution in [0.4, 0.5) is 5.82 Å². The number of ether oxygens (including phenoxy) is 2. The third kappa shape index (κ3) is 3.23. The van der Waals surface area contributed by atoms with Gasteiger partial charge in [0.15, 0.2) is 0 Å². The summed E-state index contributed by atoms with van der Waals surface area (Å²) in [6.07, 6.45) is 2.41. The Bertz CT molecular complexity index is 848. The molecule has 1 aromatic carbocycles. The van der Waals surface area contributed by atoms with Gasteiger partial charge >= 0.3 is 0 Å². The Morgan fingerprint density at radius 1 is 1.30 bits per heavy atom. The normalized spacial score (nSPS) is 26.6. The van der Waals surface area contributed by atoms with Gasteiger partial charge in [0, 0.05) is 37.4 Å². The van der Waals surface area contributed by atoms with Crippen LogP contribution in [0.15, 0.2) is 34.9 Å². The second-order valence-corrected chi connectivity index (χ2v) is 8.59. The van der Waals surface area contributed by atoms with Crippen LogP contribution in [0.5, 0.6) is 5.75 Å². The molecule has 0 radical (unpaired) electrons. The molecule has 144 valence electrons. The lowest BCUT2D eigenvalue weighted by Gasteiger charge is -2.26. The summed E-state index contributed by atoms with van der Waals surface area (Å²) in [7, 11) is 3.32. The Morgan fingerprint density at radius 2 is 2.04 bits per heavy atom. The topological polar surface area (TPSA) is 54.8 Å². The standard InChI is InChI=1S/C20H22BrClN2O3/c1-26-13-5-3-12(4-6-13)10-24-11-20(7-15(25)16(8-20)27-2)17-18(22)14(21)9-23-19(17)24/h3-6,9,15-16,25H,7-8,10-11H2,1-2H3/t15-,16-,20+/m1/s1. The molecule has 0 amide bonds. The van der Waals surface area contributed by atoms with Crippen molar-refractivity contribution in [1.29, 1.82) is 0 Å². The number of aliphatic hydroxyl groups excluding tert-OH is 1. The van der Waals surface area contributed by atoms with Crippen LogP contribution in [-0.2, 0) is 16.7 Å². The van der Waals surface area contributed by atoms with Crippen LogP contribution in [0.1, 0.15) is 24.0 Å². The Hall–Kier alpha value is -1.34. The minimum Gasteiger partial charge on any atom is -0.497 e. The van der Waals surface area contributed by atoms with E-state index in [-0.39, 0.29) is 11.5 Å². The predicted molar refractivity (Wildman–Crippen MR) is 109 cm³/mol. The molecule has 1 fully saturated rings. The average molecular weight is 454 g/mol. The summed E-state index contributed by atoms with van der Waals surface area (Å²) < 4.78 is 11.5. The van der Waals surface area contributed by atoms with Crippen molar-refractivity contribution >= 4 is 33.3 Å². The number of aromatic nitrogens is 1. The second-order valence-electron chi connectivity index (χ2n) is 7.35. The smallest absolute Gasteiger partial charge is 0.134 e. The van der Waals surface area contributed by atoms with E-state index in [1.807, 2.05) is 12.1 Å². The molecule has 1 spiro atoms. The summed E-state index contributed by atoms with van der Waals surface area (Å²) in [6.45, 7) is 1.48. The van der Waals surface area contributed by atoms with Crippen molar-refractivity contribution < 1.29 is 14.6 Å². The fourth-order valence-electron chi connectivity index (χ4n) is 4.48. The summed E-state index contributed by atoms with van der Waals surface area (Å²) in [5.74, 6) is 1.73. The number of anilines is 1. The van der Waals surface area contributed by atoms with Gasteiger partial charge in [-0.2, -0.15) is 0 Å². The molecule has 2 aromatic rings. The molecule has 4 rings (SSSR count). The van der Waals surface area contributed by atoms with E-state index in [9.17, 15) is 5.11 Å². The minimum atomic E-state index is -0.501. The van der Waals surface area contributed by atoms with E-state index in [2.05, 4.69) is 37.9 Å². The number of hydrogen-bond acceptors (Lipinski definition) is 5. The Kier molecular flexibility index (Phi) is 5.10. The fraction of sp³-hybridized carbons (Fsp3) is 0.450. The highest BCUT2D eigenvalue weighted by atomic mass is 79.9. The molecule has 1 aromatic heterocycles. The van der Waals surface area contributed by atoms with Crippen molar-refractivity contribution in [2.24, 2.45) is 0 Å². The molecule has 7 heteroatoms. The zero-order valence-electron chi connectivity index (χ0n) is 15.3. The number of fused-ring (bicyclic) bond motifs is 2. The molecule has 0 bridgehead atoms. The molecule has 27 heavy (non-hydrogen) atoms. The van der Waals surface area contributed by atoms with Crippen LogP contribution in [0.2, 0.25) is 5.02 Å². The highest BCUT2D eigenvalue weighted by Crippen LogP contribution is 2.54. The van der Waals surface area contributed by atoms with E-state index in [4.69, 9.17) is 21.1 Å². The molecule has 3 atom stereocenters. The molecule has 2 aliphatic rings. The van der Waals surface area contributed by atoms with Gasteiger partial charge in [0.05, 0.1) is 28.8 Å². The van der Waals surface area contributed by atoms with Gasteiger partial charge in [-0.1, -0.05) is 23.7 Å². The number of halogens is 2. The van der Waals surface area contributed by atoms with Crippen LogP contribution >= 0.6 is 27.5 Å². The Balaban J connectivity index is 1.71. The molecule has 5 nitrogen and oxygen atoms in total. The Morgan fingerprint density at radius 3 is 2.67 bits per heavy atom. The molecule has 1 aliphatic carbocycles. The SMILES string of the molecule is COc1ccc(CN2C[C@@]3(C[C@@H](O)[C@H](OC)C3)c3c2ncc(Br)c3Cl)cc1. The summed E-state index contributed by atoms with van der Waals surface area (Å²) in [5.41, 5.74) is 1.93. The van der Waals surface area contributed by atoms with Crippen molar-refractivity contribution in [1.82, 2.24) is 4.98 Å². The van der Waals surface area contributed by atoms with E-state index in [0.29, 0.717) is 11.4 Å². The number of methoxy groups -OCH3 is 2. The first kappa shape index (κ1) is 19.0. The maximum absolute atomic E-state index is 10.5. The Labute approximate surface area is 172 Å².